The second-order valence-corrected chi connectivity index (χ2v) is 8.67. The molecule has 28 heavy (non-hydrogen) atoms. The minimum atomic E-state index is 0.0375. The van der Waals surface area contributed by atoms with E-state index >= 15 is 0 Å². The highest BCUT2D eigenvalue weighted by atomic mass is 32.1. The first-order chi connectivity index (χ1) is 13.6. The van der Waals surface area contributed by atoms with Crippen LogP contribution >= 0.6 is 22.7 Å². The number of hydrogen-bond donors (Lipinski definition) is 0. The summed E-state index contributed by atoms with van der Waals surface area (Å²) in [7, 11) is 0. The van der Waals surface area contributed by atoms with Crippen molar-refractivity contribution in [1.82, 2.24) is 4.98 Å². The number of benzene rings is 1. The van der Waals surface area contributed by atoms with Gasteiger partial charge in [0, 0.05) is 40.8 Å². The molecule has 4 nitrogen and oxygen atoms in total. The average molecular weight is 412 g/mol. The van der Waals surface area contributed by atoms with Gasteiger partial charge in [-0.15, -0.1) is 22.7 Å². The summed E-state index contributed by atoms with van der Waals surface area (Å²) >= 11 is 2.83. The van der Waals surface area contributed by atoms with Gasteiger partial charge in [0.1, 0.15) is 0 Å². The van der Waals surface area contributed by atoms with Crippen LogP contribution in [0.2, 0.25) is 0 Å². The lowest BCUT2D eigenvalue weighted by atomic mass is 10.1. The van der Waals surface area contributed by atoms with Gasteiger partial charge < -0.3 is 0 Å². The van der Waals surface area contributed by atoms with Crippen LogP contribution < -0.4 is 0 Å². The average Bonchev–Trinajstić information content (AvgIpc) is 3.40. The van der Waals surface area contributed by atoms with Gasteiger partial charge >= 0.3 is 0 Å². The molecule has 0 spiro atoms. The van der Waals surface area contributed by atoms with Gasteiger partial charge in [-0.2, -0.15) is 0 Å². The van der Waals surface area contributed by atoms with E-state index in [2.05, 4.69) is 4.98 Å². The molecule has 1 aromatic carbocycles. The Balaban J connectivity index is 1.50. The van der Waals surface area contributed by atoms with Crippen LogP contribution in [0.3, 0.4) is 0 Å². The summed E-state index contributed by atoms with van der Waals surface area (Å²) in [5.41, 5.74) is 0.723. The zero-order chi connectivity index (χ0) is 19.9. The van der Waals surface area contributed by atoms with E-state index in [9.17, 15) is 14.4 Å². The molecule has 2 aromatic heterocycles. The second kappa shape index (κ2) is 9.66. The van der Waals surface area contributed by atoms with Crippen molar-refractivity contribution in [2.45, 2.75) is 39.0 Å². The summed E-state index contributed by atoms with van der Waals surface area (Å²) in [4.78, 5) is 43.1. The van der Waals surface area contributed by atoms with Crippen LogP contribution in [0.5, 0.6) is 0 Å². The van der Waals surface area contributed by atoms with E-state index in [-0.39, 0.29) is 17.3 Å². The fourth-order valence-corrected chi connectivity index (χ4v) is 4.63. The molecular formula is C22H21NO3S2. The first kappa shape index (κ1) is 20.3. The Kier molecular flexibility index (Phi) is 7.01. The summed E-state index contributed by atoms with van der Waals surface area (Å²) in [5.74, 6) is 0.238. The van der Waals surface area contributed by atoms with Crippen molar-refractivity contribution in [3.63, 3.8) is 0 Å². The smallest absolute Gasteiger partial charge is 0.191 e. The fraction of sp³-hybridized carbons (Fsp3) is 0.273. The molecule has 0 bridgehead atoms. The summed E-state index contributed by atoms with van der Waals surface area (Å²) < 4.78 is 0. The standard InChI is InChI=1S/C22H21NO3S2/c1-2-18(24)22-23-14-17(28-22)9-12-20(26)21-13-10-16(27-21)8-11-19(25)15-6-4-3-5-7-15/h3-7,10,13-14H,2,8-9,11-12H2,1H3. The molecule has 0 unspecified atom stereocenters. The Labute approximate surface area is 172 Å². The Morgan fingerprint density at radius 2 is 1.54 bits per heavy atom. The molecule has 0 fully saturated rings. The highest BCUT2D eigenvalue weighted by Crippen LogP contribution is 2.22. The molecule has 0 aliphatic carbocycles. The predicted octanol–water partition coefficient (Wildman–Crippen LogP) is 5.43. The Morgan fingerprint density at radius 3 is 2.29 bits per heavy atom. The molecule has 0 saturated heterocycles. The van der Waals surface area contributed by atoms with Gasteiger partial charge in [-0.05, 0) is 25.0 Å². The number of thiophene rings is 1. The van der Waals surface area contributed by atoms with Crippen molar-refractivity contribution in [1.29, 1.82) is 0 Å². The molecule has 0 saturated carbocycles. The molecule has 0 N–H and O–H groups in total. The van der Waals surface area contributed by atoms with Gasteiger partial charge in [0.15, 0.2) is 22.4 Å². The number of carbonyl (C=O) groups excluding carboxylic acids is 3. The van der Waals surface area contributed by atoms with Crippen molar-refractivity contribution in [3.8, 4) is 0 Å². The molecule has 0 aliphatic rings. The van der Waals surface area contributed by atoms with Gasteiger partial charge in [0.2, 0.25) is 0 Å². The number of aryl methyl sites for hydroxylation is 2. The summed E-state index contributed by atoms with van der Waals surface area (Å²) in [6.45, 7) is 1.81. The van der Waals surface area contributed by atoms with Crippen LogP contribution in [-0.4, -0.2) is 22.3 Å². The van der Waals surface area contributed by atoms with Gasteiger partial charge in [0.25, 0.3) is 0 Å². The molecule has 0 radical (unpaired) electrons. The lowest BCUT2D eigenvalue weighted by Gasteiger charge is -1.99. The molecule has 0 amide bonds. The second-order valence-electron chi connectivity index (χ2n) is 6.39. The van der Waals surface area contributed by atoms with Gasteiger partial charge in [-0.1, -0.05) is 37.3 Å². The Bertz CT molecular complexity index is 973. The van der Waals surface area contributed by atoms with Crippen LogP contribution in [0, 0.1) is 0 Å². The SMILES string of the molecule is CCC(=O)c1ncc(CCC(=O)c2ccc(CCC(=O)c3ccccc3)s2)s1. The maximum Gasteiger partial charge on any atom is 0.191 e. The molecule has 144 valence electrons. The van der Waals surface area contributed by atoms with Crippen LogP contribution in [-0.2, 0) is 12.8 Å². The molecule has 0 aliphatic heterocycles. The van der Waals surface area contributed by atoms with E-state index in [1.165, 1.54) is 22.7 Å². The van der Waals surface area contributed by atoms with E-state index in [0.29, 0.717) is 37.1 Å². The third-order valence-electron chi connectivity index (χ3n) is 4.34. The zero-order valence-corrected chi connectivity index (χ0v) is 17.3. The number of carbonyl (C=O) groups is 3. The Hall–Kier alpha value is -2.44. The number of nitrogens with zero attached hydrogens (tertiary/aromatic N) is 1. The number of ketones is 3. The van der Waals surface area contributed by atoms with Crippen LogP contribution in [0.25, 0.3) is 0 Å². The summed E-state index contributed by atoms with van der Waals surface area (Å²) in [6.07, 6.45) is 4.20. The normalized spacial score (nSPS) is 10.8. The molecule has 6 heteroatoms. The molecular weight excluding hydrogens is 390 g/mol. The van der Waals surface area contributed by atoms with E-state index in [1.54, 1.807) is 6.20 Å². The quantitative estimate of drug-likeness (QED) is 0.417. The van der Waals surface area contributed by atoms with E-state index in [1.807, 2.05) is 49.4 Å². The number of aromatic nitrogens is 1. The number of Topliss-reactive ketones (excluding diaryl/α,β-unsaturated/α-hetero) is 3. The van der Waals surface area contributed by atoms with E-state index < -0.39 is 0 Å². The number of hydrogen-bond acceptors (Lipinski definition) is 6. The minimum Gasteiger partial charge on any atom is -0.294 e. The lowest BCUT2D eigenvalue weighted by molar-refractivity contribution is 0.0976. The largest absolute Gasteiger partial charge is 0.294 e. The van der Waals surface area contributed by atoms with Crippen molar-refractivity contribution in [3.05, 3.63) is 73.9 Å². The Morgan fingerprint density at radius 1 is 0.821 bits per heavy atom. The van der Waals surface area contributed by atoms with Crippen molar-refractivity contribution >= 4 is 40.0 Å². The topological polar surface area (TPSA) is 64.1 Å². The summed E-state index contributed by atoms with van der Waals surface area (Å²) in [5, 5.41) is 0.520. The third-order valence-corrected chi connectivity index (χ3v) is 6.63. The summed E-state index contributed by atoms with van der Waals surface area (Å²) in [6, 6.07) is 13.0. The molecule has 2 heterocycles. The van der Waals surface area contributed by atoms with Crippen molar-refractivity contribution in [2.75, 3.05) is 0 Å². The van der Waals surface area contributed by atoms with Gasteiger partial charge in [0.05, 0.1) is 4.88 Å². The first-order valence-corrected chi connectivity index (χ1v) is 10.9. The van der Waals surface area contributed by atoms with Crippen molar-refractivity contribution in [2.24, 2.45) is 0 Å². The van der Waals surface area contributed by atoms with Gasteiger partial charge in [-0.25, -0.2) is 4.98 Å². The molecule has 3 aromatic rings. The van der Waals surface area contributed by atoms with E-state index in [4.69, 9.17) is 0 Å². The van der Waals surface area contributed by atoms with E-state index in [0.717, 1.165) is 20.2 Å². The van der Waals surface area contributed by atoms with Crippen molar-refractivity contribution < 1.29 is 14.4 Å². The predicted molar refractivity (Wildman–Crippen MR) is 113 cm³/mol. The molecule has 3 rings (SSSR count). The number of thiazole rings is 1. The number of rotatable bonds is 10. The van der Waals surface area contributed by atoms with Gasteiger partial charge in [-0.3, -0.25) is 14.4 Å². The first-order valence-electron chi connectivity index (χ1n) is 9.25. The minimum absolute atomic E-state index is 0.0375. The van der Waals surface area contributed by atoms with Crippen LogP contribution in [0.4, 0.5) is 0 Å². The lowest BCUT2D eigenvalue weighted by Crippen LogP contribution is -2.00. The zero-order valence-electron chi connectivity index (χ0n) is 15.6. The highest BCUT2D eigenvalue weighted by Gasteiger charge is 2.14. The maximum atomic E-state index is 12.4. The van der Waals surface area contributed by atoms with Crippen LogP contribution in [0.15, 0.2) is 48.7 Å². The monoisotopic (exact) mass is 411 g/mol. The highest BCUT2D eigenvalue weighted by molar-refractivity contribution is 7.14. The molecule has 0 atom stereocenters. The maximum absolute atomic E-state index is 12.4. The fourth-order valence-electron chi connectivity index (χ4n) is 2.73. The third kappa shape index (κ3) is 5.30. The van der Waals surface area contributed by atoms with Crippen LogP contribution in [0.1, 0.15) is 65.8 Å².